The number of aromatic nitrogens is 5. The molecule has 2 aromatic heterocycles. The average molecular weight is 370 g/mol. The van der Waals surface area contributed by atoms with Gasteiger partial charge in [0.1, 0.15) is 17.3 Å². The molecule has 0 unspecified atom stereocenters. The smallest absolute Gasteiger partial charge is 0.185 e. The first-order valence-electron chi connectivity index (χ1n) is 9.09. The number of H-pyrrole nitrogens is 1. The SMILES string of the molecule is CO[C@@H]1CC[C@H](c2nc(-c3cn[nH]c3C)nn2-c2ccccc2F)C[C@H]1N. The summed E-state index contributed by atoms with van der Waals surface area (Å²) in [5.41, 5.74) is 8.35. The molecule has 4 rings (SSSR count). The van der Waals surface area contributed by atoms with Crippen LogP contribution < -0.4 is 5.73 Å². The van der Waals surface area contributed by atoms with Gasteiger partial charge in [-0.25, -0.2) is 14.1 Å². The van der Waals surface area contributed by atoms with Gasteiger partial charge >= 0.3 is 0 Å². The quantitative estimate of drug-likeness (QED) is 0.736. The minimum absolute atomic E-state index is 0.0432. The molecule has 8 heteroatoms. The van der Waals surface area contributed by atoms with E-state index in [0.29, 0.717) is 11.5 Å². The first-order valence-corrected chi connectivity index (χ1v) is 9.09. The van der Waals surface area contributed by atoms with Crippen molar-refractivity contribution in [3.05, 3.63) is 47.8 Å². The number of rotatable bonds is 4. The largest absolute Gasteiger partial charge is 0.380 e. The van der Waals surface area contributed by atoms with Crippen molar-refractivity contribution in [2.45, 2.75) is 44.2 Å². The van der Waals surface area contributed by atoms with Crippen molar-refractivity contribution in [3.63, 3.8) is 0 Å². The van der Waals surface area contributed by atoms with Gasteiger partial charge in [0.15, 0.2) is 5.82 Å². The summed E-state index contributed by atoms with van der Waals surface area (Å²) in [6.07, 6.45) is 4.15. The first-order chi connectivity index (χ1) is 13.1. The summed E-state index contributed by atoms with van der Waals surface area (Å²) in [5.74, 6) is 0.996. The van der Waals surface area contributed by atoms with Gasteiger partial charge in [-0.2, -0.15) is 5.10 Å². The van der Waals surface area contributed by atoms with E-state index in [1.165, 1.54) is 6.07 Å². The maximum absolute atomic E-state index is 14.5. The van der Waals surface area contributed by atoms with E-state index >= 15 is 0 Å². The molecule has 3 aromatic rings. The van der Waals surface area contributed by atoms with Gasteiger partial charge in [-0.1, -0.05) is 12.1 Å². The maximum Gasteiger partial charge on any atom is 0.185 e. The Kier molecular flexibility index (Phi) is 4.75. The number of halogens is 1. The Hall–Kier alpha value is -2.58. The van der Waals surface area contributed by atoms with E-state index < -0.39 is 0 Å². The van der Waals surface area contributed by atoms with Crippen LogP contribution in [0, 0.1) is 12.7 Å². The molecule has 1 aliphatic rings. The van der Waals surface area contributed by atoms with E-state index in [9.17, 15) is 4.39 Å². The number of hydrogen-bond acceptors (Lipinski definition) is 5. The van der Waals surface area contributed by atoms with Gasteiger partial charge in [-0.3, -0.25) is 5.10 Å². The van der Waals surface area contributed by atoms with E-state index in [-0.39, 0.29) is 23.9 Å². The number of hydrogen-bond donors (Lipinski definition) is 2. The Morgan fingerprint density at radius 2 is 2.11 bits per heavy atom. The molecule has 0 spiro atoms. The Bertz CT molecular complexity index is 936. The van der Waals surface area contributed by atoms with Crippen LogP contribution in [0.3, 0.4) is 0 Å². The number of methoxy groups -OCH3 is 1. The molecular formula is C19H23FN6O. The van der Waals surface area contributed by atoms with Crippen molar-refractivity contribution in [2.24, 2.45) is 5.73 Å². The van der Waals surface area contributed by atoms with Gasteiger partial charge in [0.05, 0.1) is 17.9 Å². The Morgan fingerprint density at radius 3 is 2.78 bits per heavy atom. The highest BCUT2D eigenvalue weighted by Gasteiger charge is 2.33. The third kappa shape index (κ3) is 3.26. The van der Waals surface area contributed by atoms with Crippen molar-refractivity contribution < 1.29 is 9.13 Å². The second kappa shape index (κ2) is 7.21. The van der Waals surface area contributed by atoms with Crippen molar-refractivity contribution in [1.82, 2.24) is 25.0 Å². The number of aromatic amines is 1. The predicted octanol–water partition coefficient (Wildman–Crippen LogP) is 2.71. The molecule has 3 N–H and O–H groups in total. The lowest BCUT2D eigenvalue weighted by atomic mass is 9.83. The van der Waals surface area contributed by atoms with Crippen molar-refractivity contribution in [1.29, 1.82) is 0 Å². The molecule has 27 heavy (non-hydrogen) atoms. The lowest BCUT2D eigenvalue weighted by Crippen LogP contribution is -2.41. The molecule has 0 aliphatic heterocycles. The van der Waals surface area contributed by atoms with Gasteiger partial charge in [0.2, 0.25) is 0 Å². The number of aryl methyl sites for hydroxylation is 1. The summed E-state index contributed by atoms with van der Waals surface area (Å²) in [5, 5.41) is 11.6. The Morgan fingerprint density at radius 1 is 1.30 bits per heavy atom. The lowest BCUT2D eigenvalue weighted by Gasteiger charge is -2.32. The molecule has 3 atom stereocenters. The molecule has 0 amide bonds. The van der Waals surface area contributed by atoms with Crippen LogP contribution in [0.2, 0.25) is 0 Å². The van der Waals surface area contributed by atoms with Gasteiger partial charge < -0.3 is 10.5 Å². The van der Waals surface area contributed by atoms with Gasteiger partial charge in [-0.15, -0.1) is 5.10 Å². The van der Waals surface area contributed by atoms with E-state index in [1.54, 1.807) is 36.2 Å². The number of para-hydroxylation sites is 1. The highest BCUT2D eigenvalue weighted by Crippen LogP contribution is 2.35. The van der Waals surface area contributed by atoms with Gasteiger partial charge in [0.25, 0.3) is 0 Å². The van der Waals surface area contributed by atoms with E-state index in [1.807, 2.05) is 6.92 Å². The summed E-state index contributed by atoms with van der Waals surface area (Å²) < 4.78 is 21.6. The van der Waals surface area contributed by atoms with Crippen LogP contribution in [0.4, 0.5) is 4.39 Å². The molecule has 1 fully saturated rings. The zero-order valence-corrected chi connectivity index (χ0v) is 15.4. The van der Waals surface area contributed by atoms with Crippen LogP contribution in [0.5, 0.6) is 0 Å². The molecule has 1 saturated carbocycles. The monoisotopic (exact) mass is 370 g/mol. The van der Waals surface area contributed by atoms with Crippen molar-refractivity contribution in [3.8, 4) is 17.1 Å². The number of nitrogens with zero attached hydrogens (tertiary/aromatic N) is 4. The second-order valence-electron chi connectivity index (χ2n) is 7.01. The third-order valence-corrected chi connectivity index (χ3v) is 5.29. The summed E-state index contributed by atoms with van der Waals surface area (Å²) in [4.78, 5) is 4.77. The summed E-state index contributed by atoms with van der Waals surface area (Å²) >= 11 is 0. The molecule has 0 bridgehead atoms. The van der Waals surface area contributed by atoms with Crippen molar-refractivity contribution in [2.75, 3.05) is 7.11 Å². The molecule has 0 saturated heterocycles. The molecule has 1 aromatic carbocycles. The highest BCUT2D eigenvalue weighted by molar-refractivity contribution is 5.57. The summed E-state index contributed by atoms with van der Waals surface area (Å²) in [7, 11) is 1.69. The maximum atomic E-state index is 14.5. The van der Waals surface area contributed by atoms with E-state index in [2.05, 4.69) is 15.3 Å². The zero-order valence-electron chi connectivity index (χ0n) is 15.4. The Labute approximate surface area is 156 Å². The van der Waals surface area contributed by atoms with Crippen LogP contribution in [0.15, 0.2) is 30.5 Å². The Balaban J connectivity index is 1.79. The molecule has 1 aliphatic carbocycles. The van der Waals surface area contributed by atoms with Crippen LogP contribution in [0.25, 0.3) is 17.1 Å². The molecule has 7 nitrogen and oxygen atoms in total. The lowest BCUT2D eigenvalue weighted by molar-refractivity contribution is 0.0482. The average Bonchev–Trinajstić information content (AvgIpc) is 3.28. The van der Waals surface area contributed by atoms with Crippen LogP contribution in [-0.4, -0.2) is 44.2 Å². The fraction of sp³-hybridized carbons (Fsp3) is 0.421. The minimum Gasteiger partial charge on any atom is -0.380 e. The molecule has 0 radical (unpaired) electrons. The normalized spacial score (nSPS) is 22.9. The standard InChI is InChI=1S/C19H23FN6O/c1-11-13(10-22-24-11)18-23-19(12-7-8-17(27-2)15(21)9-12)26(25-18)16-6-4-3-5-14(16)20/h3-6,10,12,15,17H,7-9,21H2,1-2H3,(H,22,24)/t12-,15+,17+/m0/s1. The predicted molar refractivity (Wildman–Crippen MR) is 99.0 cm³/mol. The minimum atomic E-state index is -0.339. The van der Waals surface area contributed by atoms with Gasteiger partial charge in [0, 0.05) is 24.8 Å². The number of nitrogens with one attached hydrogen (secondary N) is 1. The topological polar surface area (TPSA) is 94.6 Å². The summed E-state index contributed by atoms with van der Waals surface area (Å²) in [6, 6.07) is 6.51. The fourth-order valence-electron chi connectivity index (χ4n) is 3.78. The van der Waals surface area contributed by atoms with E-state index in [4.69, 9.17) is 15.5 Å². The number of ether oxygens (including phenoxy) is 1. The van der Waals surface area contributed by atoms with Crippen LogP contribution in [0.1, 0.15) is 36.7 Å². The summed E-state index contributed by atoms with van der Waals surface area (Å²) in [6.45, 7) is 1.91. The fourth-order valence-corrected chi connectivity index (χ4v) is 3.78. The number of nitrogens with two attached hydrogens (primary N) is 1. The highest BCUT2D eigenvalue weighted by atomic mass is 19.1. The van der Waals surface area contributed by atoms with Crippen LogP contribution >= 0.6 is 0 Å². The van der Waals surface area contributed by atoms with Crippen molar-refractivity contribution >= 4 is 0 Å². The molecule has 2 heterocycles. The second-order valence-corrected chi connectivity index (χ2v) is 7.01. The zero-order chi connectivity index (χ0) is 19.0. The molecule has 142 valence electrons. The molecular weight excluding hydrogens is 347 g/mol. The number of benzene rings is 1. The van der Waals surface area contributed by atoms with E-state index in [0.717, 1.165) is 36.3 Å². The third-order valence-electron chi connectivity index (χ3n) is 5.29. The first kappa shape index (κ1) is 17.8. The van der Waals surface area contributed by atoms with Crippen LogP contribution in [-0.2, 0) is 4.74 Å². The van der Waals surface area contributed by atoms with Gasteiger partial charge in [-0.05, 0) is 38.3 Å².